The Kier molecular flexibility index (Phi) is 21.7. The van der Waals surface area contributed by atoms with Gasteiger partial charge in [0, 0.05) is 25.9 Å². The Bertz CT molecular complexity index is 2000. The van der Waals surface area contributed by atoms with E-state index in [1.54, 1.807) is 30.3 Å². The fraction of sp³-hybridized carbons (Fsp3) is 0.512. The van der Waals surface area contributed by atoms with Crippen molar-refractivity contribution in [3.63, 3.8) is 0 Å². The third-order valence-electron chi connectivity index (χ3n) is 10.5. The largest absolute Gasteiger partial charge is 0.508 e. The molecule has 3 rings (SSSR count). The second kappa shape index (κ2) is 26.8. The number of aromatic hydroxyl groups is 1. The molecule has 1 fully saturated rings. The van der Waals surface area contributed by atoms with E-state index in [1.807, 2.05) is 13.8 Å². The van der Waals surface area contributed by atoms with Crippen LogP contribution in [0.15, 0.2) is 59.6 Å². The number of aliphatic hydroxyl groups excluding tert-OH is 2. The van der Waals surface area contributed by atoms with Crippen LogP contribution in [0.5, 0.6) is 5.75 Å². The van der Waals surface area contributed by atoms with Gasteiger partial charge in [0.2, 0.25) is 47.3 Å². The molecule has 0 spiro atoms. The van der Waals surface area contributed by atoms with E-state index in [2.05, 4.69) is 36.9 Å². The van der Waals surface area contributed by atoms with Crippen LogP contribution in [0.2, 0.25) is 0 Å². The van der Waals surface area contributed by atoms with Crippen LogP contribution in [0.1, 0.15) is 57.1 Å². The second-order valence-electron chi connectivity index (χ2n) is 16.3. The van der Waals surface area contributed by atoms with Crippen LogP contribution in [-0.4, -0.2) is 149 Å². The highest BCUT2D eigenvalue weighted by Gasteiger charge is 2.39. The number of guanidine groups is 1. The van der Waals surface area contributed by atoms with Gasteiger partial charge in [-0.05, 0) is 61.3 Å². The maximum Gasteiger partial charge on any atom is 0.245 e. The number of aliphatic hydroxyl groups is 2. The van der Waals surface area contributed by atoms with E-state index in [1.165, 1.54) is 29.2 Å². The maximum atomic E-state index is 14.1. The Balaban J connectivity index is 1.82. The SMILES string of the molecule is CC(C)CC(NC(=O)CNC(=O)C(Cc1ccccc1)NC(=O)C(CO)NC(=O)C(Cc1ccc(O)cc1)NC(=O)C1CCCN1C(=O)C(CCCN=C(N)N)NC(=O)C(N)CO)C(N)=O. The molecule has 17 N–H and O–H groups in total. The fourth-order valence-electron chi connectivity index (χ4n) is 7.02. The first-order valence-corrected chi connectivity index (χ1v) is 21.6. The molecule has 23 nitrogen and oxygen atoms in total. The first kappa shape index (κ1) is 53.5. The van der Waals surface area contributed by atoms with Crippen molar-refractivity contribution < 1.29 is 53.7 Å². The highest BCUT2D eigenvalue weighted by molar-refractivity contribution is 5.97. The molecule has 362 valence electrons. The summed E-state index contributed by atoms with van der Waals surface area (Å²) in [5.74, 6) is -6.61. The molecule has 2 aromatic rings. The summed E-state index contributed by atoms with van der Waals surface area (Å²) >= 11 is 0. The summed E-state index contributed by atoms with van der Waals surface area (Å²) in [6, 6.07) is 5.23. The maximum absolute atomic E-state index is 14.1. The monoisotopic (exact) mass is 924 g/mol. The number of hydrogen-bond acceptors (Lipinski definition) is 13. The topological polar surface area (TPSA) is 389 Å². The molecule has 66 heavy (non-hydrogen) atoms. The summed E-state index contributed by atoms with van der Waals surface area (Å²) < 4.78 is 0. The molecular weight excluding hydrogens is 861 g/mol. The lowest BCUT2D eigenvalue weighted by molar-refractivity contribution is -0.142. The van der Waals surface area contributed by atoms with Gasteiger partial charge in [-0.2, -0.15) is 0 Å². The summed E-state index contributed by atoms with van der Waals surface area (Å²) in [6.07, 6.45) is 0.846. The van der Waals surface area contributed by atoms with Crippen molar-refractivity contribution in [3.8, 4) is 5.75 Å². The van der Waals surface area contributed by atoms with E-state index in [9.17, 15) is 53.7 Å². The molecule has 0 aromatic heterocycles. The molecule has 1 heterocycles. The lowest BCUT2D eigenvalue weighted by atomic mass is 10.0. The van der Waals surface area contributed by atoms with Crippen molar-refractivity contribution in [1.29, 1.82) is 0 Å². The zero-order chi connectivity index (χ0) is 48.9. The summed E-state index contributed by atoms with van der Waals surface area (Å²) in [4.78, 5) is 112. The van der Waals surface area contributed by atoms with Gasteiger partial charge in [0.15, 0.2) is 5.96 Å². The van der Waals surface area contributed by atoms with E-state index in [0.717, 1.165) is 0 Å². The number of carbonyl (C=O) groups excluding carboxylic acids is 8. The molecule has 1 saturated heterocycles. The van der Waals surface area contributed by atoms with Gasteiger partial charge in [-0.25, -0.2) is 0 Å². The van der Waals surface area contributed by atoms with Crippen molar-refractivity contribution >= 4 is 53.2 Å². The lowest BCUT2D eigenvalue weighted by Crippen LogP contribution is -2.60. The van der Waals surface area contributed by atoms with Gasteiger partial charge in [-0.3, -0.25) is 43.3 Å². The van der Waals surface area contributed by atoms with Crippen molar-refractivity contribution in [1.82, 2.24) is 36.8 Å². The van der Waals surface area contributed by atoms with Crippen molar-refractivity contribution in [2.24, 2.45) is 33.8 Å². The molecule has 7 atom stereocenters. The number of carbonyl (C=O) groups is 8. The molecule has 0 saturated carbocycles. The Morgan fingerprint density at radius 1 is 0.727 bits per heavy atom. The van der Waals surface area contributed by atoms with Gasteiger partial charge in [-0.1, -0.05) is 56.3 Å². The van der Waals surface area contributed by atoms with E-state index in [4.69, 9.17) is 22.9 Å². The number of rotatable bonds is 26. The van der Waals surface area contributed by atoms with E-state index < -0.39 is 109 Å². The van der Waals surface area contributed by atoms with Crippen molar-refractivity contribution in [3.05, 3.63) is 65.7 Å². The van der Waals surface area contributed by atoms with Crippen molar-refractivity contribution in [2.45, 2.75) is 101 Å². The number of primary amides is 1. The number of amides is 8. The summed E-state index contributed by atoms with van der Waals surface area (Å²) in [7, 11) is 0. The van der Waals surface area contributed by atoms with Gasteiger partial charge >= 0.3 is 0 Å². The first-order chi connectivity index (χ1) is 31.3. The fourth-order valence-corrected chi connectivity index (χ4v) is 7.02. The summed E-state index contributed by atoms with van der Waals surface area (Å²) in [5, 5.41) is 44.7. The van der Waals surface area contributed by atoms with E-state index in [-0.39, 0.29) is 69.2 Å². The Hall–Kier alpha value is -6.85. The molecule has 7 unspecified atom stereocenters. The third-order valence-corrected chi connectivity index (χ3v) is 10.5. The van der Waals surface area contributed by atoms with Gasteiger partial charge in [0.25, 0.3) is 0 Å². The number of phenolic OH excluding ortho intramolecular Hbond substituents is 1. The first-order valence-electron chi connectivity index (χ1n) is 21.6. The van der Waals surface area contributed by atoms with E-state index in [0.29, 0.717) is 17.5 Å². The average molecular weight is 925 g/mol. The zero-order valence-electron chi connectivity index (χ0n) is 37.1. The van der Waals surface area contributed by atoms with Crippen LogP contribution >= 0.6 is 0 Å². The predicted octanol–water partition coefficient (Wildman–Crippen LogP) is -4.39. The van der Waals surface area contributed by atoms with Crippen LogP contribution in [0.3, 0.4) is 0 Å². The number of nitrogens with zero attached hydrogens (tertiary/aromatic N) is 2. The molecular formula is C43H64N12O11. The zero-order valence-corrected chi connectivity index (χ0v) is 37.1. The standard InChI is InChI=1S/C43H64N12O11/c1-24(2)18-30(36(45)60)50-35(59)21-49-38(62)31(19-25-8-4-3-5-9-25)52-40(64)33(23-57)54-39(63)32(20-26-12-14-27(58)15-13-26)53-41(65)34-11-7-17-55(34)42(66)29(10-6-16-48-43(46)47)51-37(61)28(44)22-56/h3-5,8-9,12-15,24,28-34,56-58H,6-7,10-11,16-23,44H2,1-2H3,(H2,45,60)(H,49,62)(H,50,59)(H,51,61)(H,52,64)(H,53,65)(H,54,63)(H4,46,47,48). The number of likely N-dealkylation sites (tertiary alicyclic amines) is 1. The normalized spacial score (nSPS) is 16.0. The predicted molar refractivity (Wildman–Crippen MR) is 240 cm³/mol. The molecule has 23 heteroatoms. The van der Waals surface area contributed by atoms with Crippen LogP contribution < -0.4 is 54.8 Å². The Labute approximate surface area is 382 Å². The Morgan fingerprint density at radius 2 is 1.32 bits per heavy atom. The number of nitrogens with two attached hydrogens (primary N) is 4. The molecule has 0 aliphatic carbocycles. The molecule has 1 aliphatic heterocycles. The number of phenols is 1. The highest BCUT2D eigenvalue weighted by atomic mass is 16.3. The molecule has 0 radical (unpaired) electrons. The van der Waals surface area contributed by atoms with E-state index >= 15 is 0 Å². The van der Waals surface area contributed by atoms with Crippen molar-refractivity contribution in [2.75, 3.05) is 32.8 Å². The Morgan fingerprint density at radius 3 is 1.91 bits per heavy atom. The average Bonchev–Trinajstić information content (AvgIpc) is 3.78. The van der Waals surface area contributed by atoms with Gasteiger partial charge < -0.3 is 75.1 Å². The smallest absolute Gasteiger partial charge is 0.245 e. The minimum Gasteiger partial charge on any atom is -0.508 e. The number of benzene rings is 2. The van der Waals surface area contributed by atoms with Gasteiger partial charge in [0.05, 0.1) is 19.8 Å². The minimum atomic E-state index is -1.67. The molecule has 1 aliphatic rings. The molecule has 0 bridgehead atoms. The lowest BCUT2D eigenvalue weighted by Gasteiger charge is -2.30. The molecule has 8 amide bonds. The minimum absolute atomic E-state index is 0.0228. The summed E-state index contributed by atoms with van der Waals surface area (Å²) in [6.45, 7) is 1.69. The second-order valence-corrected chi connectivity index (χ2v) is 16.3. The van der Waals surface area contributed by atoms with Crippen LogP contribution in [0.25, 0.3) is 0 Å². The van der Waals surface area contributed by atoms with Gasteiger partial charge in [0.1, 0.15) is 48.0 Å². The molecule has 2 aromatic carbocycles. The quantitative estimate of drug-likeness (QED) is 0.0241. The van der Waals surface area contributed by atoms with Crippen LogP contribution in [-0.2, 0) is 51.2 Å². The number of aliphatic imine (C=N–C) groups is 1. The third kappa shape index (κ3) is 17.6. The number of nitrogens with one attached hydrogen (secondary N) is 6. The summed E-state index contributed by atoms with van der Waals surface area (Å²) in [5.41, 5.74) is 23.0. The van der Waals surface area contributed by atoms with Gasteiger partial charge in [-0.15, -0.1) is 0 Å². The number of hydrogen-bond donors (Lipinski definition) is 13. The van der Waals surface area contributed by atoms with Crippen LogP contribution in [0, 0.1) is 5.92 Å². The van der Waals surface area contributed by atoms with Crippen LogP contribution in [0.4, 0.5) is 0 Å². The highest BCUT2D eigenvalue weighted by Crippen LogP contribution is 2.21.